The zero-order valence-electron chi connectivity index (χ0n) is 31.9. The van der Waals surface area contributed by atoms with Crippen LogP contribution < -0.4 is 0 Å². The van der Waals surface area contributed by atoms with Gasteiger partial charge in [0.25, 0.3) is 0 Å². The Hall–Kier alpha value is -1.00. The fourth-order valence-electron chi connectivity index (χ4n) is 11.4. The average molecular weight is 739 g/mol. The van der Waals surface area contributed by atoms with Crippen molar-refractivity contribution in [2.24, 2.45) is 40.4 Å². The highest BCUT2D eigenvalue weighted by atomic mass is 16.8. The van der Waals surface area contributed by atoms with Crippen LogP contribution in [-0.4, -0.2) is 128 Å². The maximum Gasteiger partial charge on any atom is 0.187 e. The quantitative estimate of drug-likeness (QED) is 0.154. The van der Waals surface area contributed by atoms with E-state index in [2.05, 4.69) is 47.6 Å². The molecule has 0 aromatic rings. The molecule has 12 heteroatoms. The molecule has 2 heterocycles. The third kappa shape index (κ3) is 7.23. The topological polar surface area (TPSA) is 199 Å². The van der Waals surface area contributed by atoms with Crippen molar-refractivity contribution in [2.75, 3.05) is 13.2 Å². The molecule has 2 saturated heterocycles. The van der Waals surface area contributed by atoms with Gasteiger partial charge in [0.2, 0.25) is 0 Å². The highest BCUT2D eigenvalue weighted by Gasteiger charge is 2.57. The van der Waals surface area contributed by atoms with E-state index in [0.29, 0.717) is 30.1 Å². The van der Waals surface area contributed by atoms with Crippen molar-refractivity contribution in [3.05, 3.63) is 22.8 Å². The third-order valence-electron chi connectivity index (χ3n) is 14.3. The van der Waals surface area contributed by atoms with Crippen molar-refractivity contribution in [1.29, 1.82) is 0 Å². The van der Waals surface area contributed by atoms with Gasteiger partial charge in [0.05, 0.1) is 25.4 Å². The molecule has 12 nitrogen and oxygen atoms in total. The SMILES string of the molecule is CC(C)CC(O)C[C@@H](C)[C@H]1CC=C2C3=C(CC[C@@]21C)[C@@]1(C)CC[C@H](O[C@@H]2O[C@H](CO)[C@H](O)[C@H](O)[C@H]2O[C@@H]2O[C@H](CO)[C@H](O)[C@H](O)[C@H]2O)[C@@H](C)[C@@H]1CC3. The number of aliphatic hydroxyl groups excluding tert-OH is 8. The molecule has 0 spiro atoms. The van der Waals surface area contributed by atoms with Crippen LogP contribution in [-0.2, 0) is 18.9 Å². The first kappa shape index (κ1) is 40.7. The summed E-state index contributed by atoms with van der Waals surface area (Å²) in [6.07, 6.45) is -4.22. The van der Waals surface area contributed by atoms with E-state index in [1.165, 1.54) is 0 Å². The minimum Gasteiger partial charge on any atom is -0.394 e. The highest BCUT2D eigenvalue weighted by molar-refractivity contribution is 5.49. The second kappa shape index (κ2) is 15.9. The van der Waals surface area contributed by atoms with Crippen LogP contribution in [0, 0.1) is 40.4 Å². The molecule has 6 rings (SSSR count). The van der Waals surface area contributed by atoms with E-state index in [0.717, 1.165) is 51.4 Å². The first-order valence-electron chi connectivity index (χ1n) is 19.9. The van der Waals surface area contributed by atoms with Crippen molar-refractivity contribution < 1.29 is 59.8 Å². The lowest BCUT2D eigenvalue weighted by molar-refractivity contribution is -0.374. The van der Waals surface area contributed by atoms with E-state index in [1.807, 2.05) is 0 Å². The van der Waals surface area contributed by atoms with Gasteiger partial charge >= 0.3 is 0 Å². The molecule has 0 radical (unpaired) electrons. The molecule has 3 fully saturated rings. The van der Waals surface area contributed by atoms with Crippen molar-refractivity contribution in [3.8, 4) is 0 Å². The maximum atomic E-state index is 11.2. The van der Waals surface area contributed by atoms with Crippen LogP contribution in [0.15, 0.2) is 22.8 Å². The number of hydrogen-bond acceptors (Lipinski definition) is 12. The van der Waals surface area contributed by atoms with Gasteiger partial charge in [-0.25, -0.2) is 0 Å². The summed E-state index contributed by atoms with van der Waals surface area (Å²) in [7, 11) is 0. The molecule has 8 N–H and O–H groups in total. The molecule has 4 aliphatic carbocycles. The van der Waals surface area contributed by atoms with Crippen LogP contribution in [0.3, 0.4) is 0 Å². The van der Waals surface area contributed by atoms with Crippen LogP contribution in [0.2, 0.25) is 0 Å². The Balaban J connectivity index is 1.17. The average Bonchev–Trinajstić information content (AvgIpc) is 3.46. The highest BCUT2D eigenvalue weighted by Crippen LogP contribution is 2.65. The second-order valence-electron chi connectivity index (χ2n) is 18.0. The van der Waals surface area contributed by atoms with Gasteiger partial charge in [-0.05, 0) is 109 Å². The lowest BCUT2D eigenvalue weighted by Gasteiger charge is -2.57. The molecule has 298 valence electrons. The summed E-state index contributed by atoms with van der Waals surface area (Å²) in [6.45, 7) is 12.5. The molecule has 0 amide bonds. The summed E-state index contributed by atoms with van der Waals surface area (Å²) in [5.74, 6) is 1.87. The Morgan fingerprint density at radius 1 is 0.788 bits per heavy atom. The summed E-state index contributed by atoms with van der Waals surface area (Å²) in [4.78, 5) is 0. The van der Waals surface area contributed by atoms with E-state index in [1.54, 1.807) is 16.7 Å². The molecule has 1 saturated carbocycles. The number of aliphatic hydroxyl groups is 8. The predicted molar refractivity (Wildman–Crippen MR) is 190 cm³/mol. The lowest BCUT2D eigenvalue weighted by Crippen LogP contribution is -2.65. The Bertz CT molecular complexity index is 1300. The van der Waals surface area contributed by atoms with Gasteiger partial charge in [0.15, 0.2) is 12.6 Å². The van der Waals surface area contributed by atoms with Gasteiger partial charge in [-0.1, -0.05) is 53.2 Å². The molecule has 18 atom stereocenters. The fraction of sp³-hybridized carbons (Fsp3) is 0.900. The van der Waals surface area contributed by atoms with Crippen molar-refractivity contribution in [3.63, 3.8) is 0 Å². The van der Waals surface area contributed by atoms with Gasteiger partial charge in [0.1, 0.15) is 48.8 Å². The van der Waals surface area contributed by atoms with E-state index in [4.69, 9.17) is 18.9 Å². The van der Waals surface area contributed by atoms with Crippen LogP contribution in [0.5, 0.6) is 0 Å². The van der Waals surface area contributed by atoms with Crippen LogP contribution >= 0.6 is 0 Å². The van der Waals surface area contributed by atoms with Crippen molar-refractivity contribution in [2.45, 2.75) is 173 Å². The maximum absolute atomic E-state index is 11.2. The monoisotopic (exact) mass is 738 g/mol. The zero-order chi connectivity index (χ0) is 37.9. The van der Waals surface area contributed by atoms with E-state index >= 15 is 0 Å². The second-order valence-corrected chi connectivity index (χ2v) is 18.0. The van der Waals surface area contributed by atoms with Gasteiger partial charge in [0, 0.05) is 0 Å². The molecular formula is C40H66O12. The molecule has 52 heavy (non-hydrogen) atoms. The largest absolute Gasteiger partial charge is 0.394 e. The van der Waals surface area contributed by atoms with E-state index in [9.17, 15) is 40.9 Å². The Morgan fingerprint density at radius 2 is 1.44 bits per heavy atom. The normalized spacial score (nSPS) is 47.8. The first-order chi connectivity index (χ1) is 24.5. The number of rotatable bonds is 11. The van der Waals surface area contributed by atoms with Crippen molar-refractivity contribution in [1.82, 2.24) is 0 Å². The standard InChI is InChI=1S/C40H66O12/c1-19(2)15-22(43)16-20(3)24-9-10-26-23-7-8-25-21(4)28(12-14-40(25,6)27(23)11-13-39(24,26)5)49-38-36(34(47)32(45)30(18-42)51-38)52-37-35(48)33(46)31(44)29(17-41)50-37/h10,19-22,24-25,28-38,41-48H,7-9,11-18H2,1-6H3/t20-,21+,22?,24-,25+,28+,29-,30-,31+,32+,33+,34+,35-,36-,37+,38-,39-,40+/m1/s1. The Kier molecular flexibility index (Phi) is 12.4. The van der Waals surface area contributed by atoms with Gasteiger partial charge < -0.3 is 59.8 Å². The molecule has 1 unspecified atom stereocenters. The van der Waals surface area contributed by atoms with E-state index in [-0.39, 0.29) is 29.0 Å². The third-order valence-corrected chi connectivity index (χ3v) is 14.3. The minimum absolute atomic E-state index is 0.00478. The number of hydrogen-bond donors (Lipinski definition) is 8. The zero-order valence-corrected chi connectivity index (χ0v) is 31.9. The van der Waals surface area contributed by atoms with Gasteiger partial charge in [-0.2, -0.15) is 0 Å². The number of fused-ring (bicyclic) bond motifs is 4. The molecule has 0 aromatic heterocycles. The molecule has 2 aliphatic heterocycles. The molecular weight excluding hydrogens is 672 g/mol. The summed E-state index contributed by atoms with van der Waals surface area (Å²) < 4.78 is 24.1. The van der Waals surface area contributed by atoms with Crippen LogP contribution in [0.4, 0.5) is 0 Å². The van der Waals surface area contributed by atoms with Crippen molar-refractivity contribution >= 4 is 0 Å². The summed E-state index contributed by atoms with van der Waals surface area (Å²) in [5, 5.41) is 83.6. The predicted octanol–water partition coefficient (Wildman–Crippen LogP) is 2.32. The van der Waals surface area contributed by atoms with Crippen LogP contribution in [0.1, 0.15) is 99.3 Å². The van der Waals surface area contributed by atoms with E-state index < -0.39 is 74.6 Å². The smallest absolute Gasteiger partial charge is 0.187 e. The van der Waals surface area contributed by atoms with Crippen LogP contribution in [0.25, 0.3) is 0 Å². The van der Waals surface area contributed by atoms with Gasteiger partial charge in [-0.15, -0.1) is 0 Å². The molecule has 6 aliphatic rings. The Morgan fingerprint density at radius 3 is 2.10 bits per heavy atom. The first-order valence-corrected chi connectivity index (χ1v) is 19.9. The Labute approximate surface area is 308 Å². The molecule has 0 bridgehead atoms. The summed E-state index contributed by atoms with van der Waals surface area (Å²) >= 11 is 0. The lowest BCUT2D eigenvalue weighted by atomic mass is 9.49. The summed E-state index contributed by atoms with van der Waals surface area (Å²) in [6, 6.07) is 0. The fourth-order valence-corrected chi connectivity index (χ4v) is 11.4. The molecule has 0 aromatic carbocycles. The van der Waals surface area contributed by atoms with Gasteiger partial charge in [-0.3, -0.25) is 0 Å². The number of allylic oxidation sites excluding steroid dienone is 4. The summed E-state index contributed by atoms with van der Waals surface area (Å²) in [5.41, 5.74) is 4.80. The minimum atomic E-state index is -1.72. The number of ether oxygens (including phenoxy) is 4.